The number of hydrogen-bond acceptors (Lipinski definition) is 3. The number of anilines is 1. The molecule has 0 aromatic heterocycles. The van der Waals surface area contributed by atoms with E-state index in [0.29, 0.717) is 17.2 Å². The number of ketones is 1. The SMILES string of the molecule is CC1(C)CC(=O)C2C(C(Cl)=Cc3ccccc3)=Nc3ccccc3NC2C1. The Bertz CT molecular complexity index is 930. The molecule has 0 bridgehead atoms. The van der Waals surface area contributed by atoms with Crippen molar-refractivity contribution in [1.29, 1.82) is 0 Å². The molecule has 4 heteroatoms. The number of para-hydroxylation sites is 2. The molecule has 0 saturated heterocycles. The molecule has 0 radical (unpaired) electrons. The van der Waals surface area contributed by atoms with Gasteiger partial charge in [0.2, 0.25) is 0 Å². The third kappa shape index (κ3) is 3.70. The lowest BCUT2D eigenvalue weighted by Crippen LogP contribution is -2.47. The van der Waals surface area contributed by atoms with Crippen LogP contribution in [0.2, 0.25) is 0 Å². The van der Waals surface area contributed by atoms with E-state index in [1.54, 1.807) is 0 Å². The van der Waals surface area contributed by atoms with Crippen LogP contribution in [0.1, 0.15) is 32.3 Å². The van der Waals surface area contributed by atoms with Crippen molar-refractivity contribution < 1.29 is 4.79 Å². The highest BCUT2D eigenvalue weighted by atomic mass is 35.5. The molecular formula is C23H23ClN2O. The van der Waals surface area contributed by atoms with E-state index in [2.05, 4.69) is 19.2 Å². The number of aliphatic imine (C=N–C) groups is 1. The van der Waals surface area contributed by atoms with E-state index in [9.17, 15) is 4.79 Å². The van der Waals surface area contributed by atoms with E-state index in [1.165, 1.54) is 0 Å². The molecule has 0 amide bonds. The van der Waals surface area contributed by atoms with E-state index in [0.717, 1.165) is 23.4 Å². The highest BCUT2D eigenvalue weighted by Gasteiger charge is 2.44. The third-order valence-corrected chi connectivity index (χ3v) is 5.60. The molecule has 0 spiro atoms. The van der Waals surface area contributed by atoms with Gasteiger partial charge in [-0.2, -0.15) is 0 Å². The van der Waals surface area contributed by atoms with E-state index >= 15 is 0 Å². The van der Waals surface area contributed by atoms with Gasteiger partial charge in [0, 0.05) is 12.5 Å². The number of nitrogens with zero attached hydrogens (tertiary/aromatic N) is 1. The number of Topliss-reactive ketones (excluding diaryl/α,β-unsaturated/α-hetero) is 1. The molecule has 1 N–H and O–H groups in total. The highest BCUT2D eigenvalue weighted by Crippen LogP contribution is 2.43. The molecule has 2 aliphatic rings. The zero-order valence-corrected chi connectivity index (χ0v) is 16.3. The van der Waals surface area contributed by atoms with Gasteiger partial charge in [-0.15, -0.1) is 0 Å². The molecule has 2 unspecified atom stereocenters. The fourth-order valence-electron chi connectivity index (χ4n) is 4.13. The minimum Gasteiger partial charge on any atom is -0.379 e. The quantitative estimate of drug-likeness (QED) is 0.713. The second-order valence-corrected chi connectivity index (χ2v) is 8.56. The van der Waals surface area contributed by atoms with Crippen LogP contribution in [0.3, 0.4) is 0 Å². The fourth-order valence-corrected chi connectivity index (χ4v) is 4.42. The van der Waals surface area contributed by atoms with Gasteiger partial charge in [0.15, 0.2) is 0 Å². The lowest BCUT2D eigenvalue weighted by atomic mass is 9.68. The van der Waals surface area contributed by atoms with Crippen LogP contribution in [0.5, 0.6) is 0 Å². The molecule has 1 fully saturated rings. The molecule has 2 aromatic rings. The number of nitrogens with one attached hydrogen (secondary N) is 1. The molecule has 1 saturated carbocycles. The van der Waals surface area contributed by atoms with Crippen molar-refractivity contribution in [2.45, 2.75) is 32.7 Å². The summed E-state index contributed by atoms with van der Waals surface area (Å²) in [7, 11) is 0. The summed E-state index contributed by atoms with van der Waals surface area (Å²) in [6.07, 6.45) is 3.34. The van der Waals surface area contributed by atoms with Crippen molar-refractivity contribution in [3.8, 4) is 0 Å². The van der Waals surface area contributed by atoms with E-state index < -0.39 is 0 Å². The molecule has 27 heavy (non-hydrogen) atoms. The van der Waals surface area contributed by atoms with Gasteiger partial charge in [-0.05, 0) is 35.6 Å². The van der Waals surface area contributed by atoms with Crippen molar-refractivity contribution >= 4 is 40.5 Å². The van der Waals surface area contributed by atoms with Gasteiger partial charge in [-0.25, -0.2) is 4.99 Å². The van der Waals surface area contributed by atoms with Crippen molar-refractivity contribution in [2.75, 3.05) is 5.32 Å². The van der Waals surface area contributed by atoms with Crippen LogP contribution in [0.15, 0.2) is 64.6 Å². The van der Waals surface area contributed by atoms with Crippen LogP contribution in [-0.4, -0.2) is 17.5 Å². The van der Waals surface area contributed by atoms with Crippen molar-refractivity contribution in [3.63, 3.8) is 0 Å². The van der Waals surface area contributed by atoms with Crippen LogP contribution in [-0.2, 0) is 4.79 Å². The number of hydrogen-bond donors (Lipinski definition) is 1. The monoisotopic (exact) mass is 378 g/mol. The standard InChI is InChI=1S/C23H23ClN2O/c1-23(2)13-19-21(20(27)14-23)22(16(24)12-15-8-4-3-5-9-15)26-18-11-7-6-10-17(18)25-19/h3-12,19,21,25H,13-14H2,1-2H3. The first kappa shape index (κ1) is 18.0. The zero-order chi connectivity index (χ0) is 19.0. The third-order valence-electron chi connectivity index (χ3n) is 5.29. The minimum absolute atomic E-state index is 0.0124. The normalized spacial score (nSPS) is 24.2. The Labute approximate surface area is 165 Å². The summed E-state index contributed by atoms with van der Waals surface area (Å²) in [6, 6.07) is 17.8. The number of allylic oxidation sites excluding steroid dienone is 1. The molecule has 4 rings (SSSR count). The maximum atomic E-state index is 13.1. The van der Waals surface area contributed by atoms with Gasteiger partial charge < -0.3 is 5.32 Å². The summed E-state index contributed by atoms with van der Waals surface area (Å²) < 4.78 is 0. The Morgan fingerprint density at radius 3 is 2.63 bits per heavy atom. The minimum atomic E-state index is -0.335. The summed E-state index contributed by atoms with van der Waals surface area (Å²) in [5.41, 5.74) is 3.41. The molecule has 2 aromatic carbocycles. The maximum absolute atomic E-state index is 13.1. The molecule has 138 valence electrons. The number of benzene rings is 2. The average molecular weight is 379 g/mol. The number of halogens is 1. The Morgan fingerprint density at radius 1 is 1.15 bits per heavy atom. The van der Waals surface area contributed by atoms with E-state index in [4.69, 9.17) is 16.6 Å². The summed E-state index contributed by atoms with van der Waals surface area (Å²) in [5, 5.41) is 4.11. The lowest BCUT2D eigenvalue weighted by molar-refractivity contribution is -0.125. The first-order valence-electron chi connectivity index (χ1n) is 9.32. The fraction of sp³-hybridized carbons (Fsp3) is 0.304. The lowest BCUT2D eigenvalue weighted by Gasteiger charge is -2.39. The van der Waals surface area contributed by atoms with Crippen LogP contribution in [0.4, 0.5) is 11.4 Å². The maximum Gasteiger partial charge on any atom is 0.144 e. The molecule has 2 atom stereocenters. The number of carbonyl (C=O) groups excluding carboxylic acids is 1. The smallest absolute Gasteiger partial charge is 0.144 e. The molecule has 1 aliphatic heterocycles. The number of rotatable bonds is 2. The topological polar surface area (TPSA) is 41.5 Å². The zero-order valence-electron chi connectivity index (χ0n) is 15.6. The second-order valence-electron chi connectivity index (χ2n) is 8.16. The predicted molar refractivity (Wildman–Crippen MR) is 113 cm³/mol. The van der Waals surface area contributed by atoms with Crippen LogP contribution in [0.25, 0.3) is 6.08 Å². The summed E-state index contributed by atoms with van der Waals surface area (Å²) in [6.45, 7) is 4.30. The van der Waals surface area contributed by atoms with Gasteiger partial charge >= 0.3 is 0 Å². The van der Waals surface area contributed by atoms with Gasteiger partial charge in [0.25, 0.3) is 0 Å². The van der Waals surface area contributed by atoms with Crippen molar-refractivity contribution in [3.05, 3.63) is 65.2 Å². The molecule has 1 aliphatic carbocycles. The Morgan fingerprint density at radius 2 is 1.85 bits per heavy atom. The number of fused-ring (bicyclic) bond motifs is 2. The molecular weight excluding hydrogens is 356 g/mol. The summed E-state index contributed by atoms with van der Waals surface area (Å²) in [4.78, 5) is 18.0. The predicted octanol–water partition coefficient (Wildman–Crippen LogP) is 5.84. The first-order chi connectivity index (χ1) is 12.9. The Hall–Kier alpha value is -2.39. The largest absolute Gasteiger partial charge is 0.379 e. The van der Waals surface area contributed by atoms with Gasteiger partial charge in [0.1, 0.15) is 5.78 Å². The Balaban J connectivity index is 1.83. The van der Waals surface area contributed by atoms with Crippen LogP contribution in [0, 0.1) is 11.3 Å². The van der Waals surface area contributed by atoms with Gasteiger partial charge in [0.05, 0.1) is 28.0 Å². The Kier molecular flexibility index (Phi) is 4.65. The van der Waals surface area contributed by atoms with E-state index in [1.807, 2.05) is 60.7 Å². The number of carbonyl (C=O) groups is 1. The first-order valence-corrected chi connectivity index (χ1v) is 9.70. The summed E-state index contributed by atoms with van der Waals surface area (Å²) in [5.74, 6) is -0.132. The molecule has 3 nitrogen and oxygen atoms in total. The highest BCUT2D eigenvalue weighted by molar-refractivity contribution is 6.47. The van der Waals surface area contributed by atoms with Gasteiger partial charge in [-0.1, -0.05) is 67.9 Å². The van der Waals surface area contributed by atoms with Gasteiger partial charge in [-0.3, -0.25) is 4.79 Å². The van der Waals surface area contributed by atoms with E-state index in [-0.39, 0.29) is 23.2 Å². The summed E-state index contributed by atoms with van der Waals surface area (Å²) >= 11 is 6.74. The van der Waals surface area contributed by atoms with Crippen LogP contribution < -0.4 is 5.32 Å². The van der Waals surface area contributed by atoms with Crippen molar-refractivity contribution in [2.24, 2.45) is 16.3 Å². The molecule has 1 heterocycles. The second kappa shape index (κ2) is 6.97. The van der Waals surface area contributed by atoms with Crippen molar-refractivity contribution in [1.82, 2.24) is 0 Å². The average Bonchev–Trinajstić information content (AvgIpc) is 2.78. The van der Waals surface area contributed by atoms with Crippen LogP contribution >= 0.6 is 11.6 Å².